The Balaban J connectivity index is -0.000000213. The van der Waals surface area contributed by atoms with Crippen molar-refractivity contribution in [3.05, 3.63) is 30.3 Å². The van der Waals surface area contributed by atoms with Crippen LogP contribution in [-0.4, -0.2) is 7.11 Å². The first-order chi connectivity index (χ1) is 3.93. The van der Waals surface area contributed by atoms with E-state index in [2.05, 4.69) is 0 Å². The molecule has 0 aromatic heterocycles. The summed E-state index contributed by atoms with van der Waals surface area (Å²) >= 11 is 0. The van der Waals surface area contributed by atoms with Gasteiger partial charge in [-0.3, -0.25) is 0 Å². The van der Waals surface area contributed by atoms with E-state index in [9.17, 15) is 0 Å². The third kappa shape index (κ3) is 2.63. The molecular formula is C7H10OOs. The van der Waals surface area contributed by atoms with E-state index < -0.39 is 0 Å². The number of methoxy groups -OCH3 is 1. The number of rotatable bonds is 1. The first kappa shape index (κ1) is 8.66. The normalized spacial score (nSPS) is 7.67. The minimum absolute atomic E-state index is 0. The van der Waals surface area contributed by atoms with Crippen LogP contribution in [0.2, 0.25) is 0 Å². The number of ether oxygens (including phenoxy) is 1. The van der Waals surface area contributed by atoms with Crippen LogP contribution in [0.5, 0.6) is 5.75 Å². The Morgan fingerprint density at radius 3 is 2.11 bits per heavy atom. The topological polar surface area (TPSA) is 9.23 Å². The van der Waals surface area contributed by atoms with E-state index >= 15 is 0 Å². The maximum Gasteiger partial charge on any atom is 2.00 e. The Labute approximate surface area is 71.1 Å². The molecule has 1 nitrogen and oxygen atoms in total. The van der Waals surface area contributed by atoms with Gasteiger partial charge in [-0.25, -0.2) is 0 Å². The van der Waals surface area contributed by atoms with Crippen LogP contribution >= 0.6 is 0 Å². The second-order valence-electron chi connectivity index (χ2n) is 1.52. The van der Waals surface area contributed by atoms with Crippen LogP contribution in [0.25, 0.3) is 0 Å². The summed E-state index contributed by atoms with van der Waals surface area (Å²) in [5.41, 5.74) is 0. The molecule has 0 amide bonds. The molecule has 2 heteroatoms. The standard InChI is InChI=1S/C7H8O.Os.2H/c1-8-7-5-3-2-4-6-7;;;/h2-6H,1H3;;;/q;+2;2*-1. The maximum absolute atomic E-state index is 4.91. The molecule has 52 valence electrons. The van der Waals surface area contributed by atoms with E-state index in [0.717, 1.165) is 5.75 Å². The molecule has 0 N–H and O–H groups in total. The van der Waals surface area contributed by atoms with Gasteiger partial charge in [0.25, 0.3) is 0 Å². The molecule has 0 aliphatic carbocycles. The van der Waals surface area contributed by atoms with E-state index in [1.807, 2.05) is 30.3 Å². The summed E-state index contributed by atoms with van der Waals surface area (Å²) in [6.07, 6.45) is 0. The SMILES string of the molecule is COc1ccccc1.[H-].[H-].[Os+2]. The summed E-state index contributed by atoms with van der Waals surface area (Å²) in [6.45, 7) is 0. The van der Waals surface area contributed by atoms with Gasteiger partial charge in [-0.2, -0.15) is 0 Å². The Hall–Kier alpha value is -0.344. The first-order valence-electron chi connectivity index (χ1n) is 2.52. The van der Waals surface area contributed by atoms with E-state index in [1.165, 1.54) is 0 Å². The summed E-state index contributed by atoms with van der Waals surface area (Å²) in [5, 5.41) is 0. The number of hydrogen-bond donors (Lipinski definition) is 0. The third-order valence-corrected chi connectivity index (χ3v) is 0.979. The molecule has 0 bridgehead atoms. The van der Waals surface area contributed by atoms with Crippen molar-refractivity contribution in [2.24, 2.45) is 0 Å². The van der Waals surface area contributed by atoms with Gasteiger partial charge in [0.2, 0.25) is 0 Å². The van der Waals surface area contributed by atoms with Crippen molar-refractivity contribution < 1.29 is 27.4 Å². The van der Waals surface area contributed by atoms with Crippen molar-refractivity contribution in [1.29, 1.82) is 0 Å². The fraction of sp³-hybridized carbons (Fsp3) is 0.143. The molecule has 0 fully saturated rings. The van der Waals surface area contributed by atoms with Crippen molar-refractivity contribution >= 4 is 0 Å². The van der Waals surface area contributed by atoms with Gasteiger partial charge < -0.3 is 7.59 Å². The summed E-state index contributed by atoms with van der Waals surface area (Å²) in [7, 11) is 1.66. The van der Waals surface area contributed by atoms with E-state index in [0.29, 0.717) is 0 Å². The van der Waals surface area contributed by atoms with Crippen molar-refractivity contribution in [2.75, 3.05) is 7.11 Å². The van der Waals surface area contributed by atoms with Crippen LogP contribution < -0.4 is 4.74 Å². The van der Waals surface area contributed by atoms with Gasteiger partial charge in [0.05, 0.1) is 7.11 Å². The Kier molecular flexibility index (Phi) is 4.35. The van der Waals surface area contributed by atoms with Crippen LogP contribution in [0.1, 0.15) is 2.85 Å². The Bertz CT molecular complexity index is 158. The van der Waals surface area contributed by atoms with Crippen LogP contribution in [0.3, 0.4) is 0 Å². The first-order valence-corrected chi connectivity index (χ1v) is 2.52. The smallest absolute Gasteiger partial charge is 1.00 e. The summed E-state index contributed by atoms with van der Waals surface area (Å²) in [6, 6.07) is 9.68. The molecule has 0 heterocycles. The van der Waals surface area contributed by atoms with Gasteiger partial charge in [-0.05, 0) is 12.1 Å². The molecule has 0 spiro atoms. The van der Waals surface area contributed by atoms with Gasteiger partial charge in [-0.1, -0.05) is 18.2 Å². The second-order valence-corrected chi connectivity index (χ2v) is 1.52. The third-order valence-electron chi connectivity index (χ3n) is 0.979. The maximum atomic E-state index is 4.91. The summed E-state index contributed by atoms with van der Waals surface area (Å²) < 4.78 is 4.91. The quantitative estimate of drug-likeness (QED) is 0.770. The van der Waals surface area contributed by atoms with Crippen molar-refractivity contribution in [3.8, 4) is 5.75 Å². The van der Waals surface area contributed by atoms with Gasteiger partial charge >= 0.3 is 19.8 Å². The molecule has 0 saturated heterocycles. The van der Waals surface area contributed by atoms with Crippen molar-refractivity contribution in [3.63, 3.8) is 0 Å². The van der Waals surface area contributed by atoms with E-state index in [4.69, 9.17) is 4.74 Å². The molecular weight excluding hydrogens is 290 g/mol. The molecule has 1 aromatic carbocycles. The number of hydrogen-bond acceptors (Lipinski definition) is 1. The zero-order valence-electron chi connectivity index (χ0n) is 7.15. The molecule has 0 saturated carbocycles. The van der Waals surface area contributed by atoms with Crippen molar-refractivity contribution in [1.82, 2.24) is 0 Å². The molecule has 9 heavy (non-hydrogen) atoms. The number of benzene rings is 1. The minimum atomic E-state index is 0. The Morgan fingerprint density at radius 2 is 1.78 bits per heavy atom. The van der Waals surface area contributed by atoms with Crippen LogP contribution in [-0.2, 0) is 19.8 Å². The molecule has 0 atom stereocenters. The second kappa shape index (κ2) is 4.53. The van der Waals surface area contributed by atoms with Gasteiger partial charge in [0, 0.05) is 0 Å². The molecule has 1 aromatic rings. The minimum Gasteiger partial charge on any atom is -1.00 e. The average Bonchev–Trinajstić information content (AvgIpc) is 1.90. The predicted molar refractivity (Wildman–Crippen MR) is 35.2 cm³/mol. The Morgan fingerprint density at radius 1 is 1.22 bits per heavy atom. The van der Waals surface area contributed by atoms with E-state index in [1.54, 1.807) is 7.11 Å². The number of para-hydroxylation sites is 1. The fourth-order valence-electron chi connectivity index (χ4n) is 0.557. The molecule has 0 unspecified atom stereocenters. The molecule has 0 aliphatic rings. The molecule has 1 rings (SSSR count). The monoisotopic (exact) mass is 302 g/mol. The van der Waals surface area contributed by atoms with Gasteiger partial charge in [-0.15, -0.1) is 0 Å². The zero-order chi connectivity index (χ0) is 5.82. The van der Waals surface area contributed by atoms with Crippen molar-refractivity contribution in [2.45, 2.75) is 0 Å². The van der Waals surface area contributed by atoms with Crippen LogP contribution in [0.4, 0.5) is 0 Å². The average molecular weight is 300 g/mol. The van der Waals surface area contributed by atoms with Crippen LogP contribution in [0, 0.1) is 0 Å². The van der Waals surface area contributed by atoms with E-state index in [-0.39, 0.29) is 22.6 Å². The zero-order valence-corrected chi connectivity index (χ0v) is 7.69. The molecule has 0 aliphatic heterocycles. The predicted octanol–water partition coefficient (Wildman–Crippen LogP) is 1.92. The largest absolute Gasteiger partial charge is 2.00 e. The van der Waals surface area contributed by atoms with Crippen LogP contribution in [0.15, 0.2) is 30.3 Å². The fourth-order valence-corrected chi connectivity index (χ4v) is 0.557. The van der Waals surface area contributed by atoms with Gasteiger partial charge in [0.1, 0.15) is 5.75 Å². The summed E-state index contributed by atoms with van der Waals surface area (Å²) in [5.74, 6) is 0.910. The molecule has 0 radical (unpaired) electrons. The van der Waals surface area contributed by atoms with Gasteiger partial charge in [0.15, 0.2) is 0 Å². The summed E-state index contributed by atoms with van der Waals surface area (Å²) in [4.78, 5) is 0.